The van der Waals surface area contributed by atoms with Crippen molar-refractivity contribution in [2.75, 3.05) is 26.7 Å². The normalized spacial score (nSPS) is 16.5. The summed E-state index contributed by atoms with van der Waals surface area (Å²) >= 11 is 0. The number of ether oxygens (including phenoxy) is 1. The number of carbonyl (C=O) groups excluding carboxylic acids is 2. The average Bonchev–Trinajstić information content (AvgIpc) is 3.13. The second-order valence-corrected chi connectivity index (χ2v) is 5.46. The Labute approximate surface area is 109 Å². The summed E-state index contributed by atoms with van der Waals surface area (Å²) in [7, 11) is 1.36. The van der Waals surface area contributed by atoms with Gasteiger partial charge in [-0.05, 0) is 18.8 Å². The molecule has 104 valence electrons. The molecule has 0 saturated heterocycles. The Hall–Kier alpha value is -1.10. The molecule has 5 nitrogen and oxygen atoms in total. The predicted octanol–water partition coefficient (Wildman–Crippen LogP) is 0.773. The first kappa shape index (κ1) is 15.0. The van der Waals surface area contributed by atoms with Crippen LogP contribution < -0.4 is 5.73 Å². The second kappa shape index (κ2) is 6.18. The average molecular weight is 256 g/mol. The van der Waals surface area contributed by atoms with Crippen molar-refractivity contribution in [3.8, 4) is 0 Å². The van der Waals surface area contributed by atoms with Gasteiger partial charge < -0.3 is 15.4 Å². The fourth-order valence-corrected chi connectivity index (χ4v) is 2.04. The molecule has 1 aliphatic rings. The molecular formula is C13H24N2O3. The molecule has 0 spiro atoms. The van der Waals surface area contributed by atoms with Gasteiger partial charge in [0.05, 0.1) is 18.9 Å². The van der Waals surface area contributed by atoms with Crippen molar-refractivity contribution in [1.29, 1.82) is 0 Å². The molecule has 0 radical (unpaired) electrons. The summed E-state index contributed by atoms with van der Waals surface area (Å²) in [6, 6.07) is 0. The van der Waals surface area contributed by atoms with Gasteiger partial charge in [0, 0.05) is 19.6 Å². The van der Waals surface area contributed by atoms with E-state index in [2.05, 4.69) is 18.6 Å². The van der Waals surface area contributed by atoms with E-state index in [0.29, 0.717) is 25.6 Å². The van der Waals surface area contributed by atoms with Crippen LogP contribution in [0.5, 0.6) is 0 Å². The highest BCUT2D eigenvalue weighted by molar-refractivity contribution is 5.86. The third-order valence-corrected chi connectivity index (χ3v) is 3.38. The molecule has 5 heteroatoms. The summed E-state index contributed by atoms with van der Waals surface area (Å²) in [5.41, 5.74) is 5.34. The van der Waals surface area contributed by atoms with Crippen LogP contribution in [0.2, 0.25) is 0 Å². The van der Waals surface area contributed by atoms with Gasteiger partial charge in [-0.1, -0.05) is 13.8 Å². The summed E-state index contributed by atoms with van der Waals surface area (Å²) in [6.45, 7) is 5.60. The Kier molecular flexibility index (Phi) is 5.14. The molecule has 1 aliphatic carbocycles. The fourth-order valence-electron chi connectivity index (χ4n) is 2.04. The molecule has 1 fully saturated rings. The van der Waals surface area contributed by atoms with Gasteiger partial charge in [-0.3, -0.25) is 9.59 Å². The molecule has 0 aromatic heterocycles. The van der Waals surface area contributed by atoms with Gasteiger partial charge in [-0.15, -0.1) is 0 Å². The lowest BCUT2D eigenvalue weighted by molar-refractivity contribution is -0.143. The second-order valence-electron chi connectivity index (χ2n) is 5.46. The van der Waals surface area contributed by atoms with Crippen LogP contribution in [0.4, 0.5) is 0 Å². The van der Waals surface area contributed by atoms with Gasteiger partial charge in [0.25, 0.3) is 0 Å². The van der Waals surface area contributed by atoms with Crippen LogP contribution >= 0.6 is 0 Å². The van der Waals surface area contributed by atoms with Gasteiger partial charge in [0.2, 0.25) is 5.91 Å². The quantitative estimate of drug-likeness (QED) is 0.683. The highest BCUT2D eigenvalue weighted by Crippen LogP contribution is 2.46. The molecule has 18 heavy (non-hydrogen) atoms. The van der Waals surface area contributed by atoms with Gasteiger partial charge in [-0.2, -0.15) is 0 Å². The minimum atomic E-state index is -0.342. The Bertz CT molecular complexity index is 311. The fraction of sp³-hybridized carbons (Fsp3) is 0.846. The van der Waals surface area contributed by atoms with E-state index in [0.717, 1.165) is 12.8 Å². The molecule has 0 aromatic rings. The van der Waals surface area contributed by atoms with Crippen LogP contribution in [0.15, 0.2) is 0 Å². The third-order valence-electron chi connectivity index (χ3n) is 3.38. The first-order chi connectivity index (χ1) is 8.45. The maximum Gasteiger partial charge on any atom is 0.307 e. The van der Waals surface area contributed by atoms with E-state index in [1.807, 2.05) is 0 Å². The number of esters is 1. The zero-order chi connectivity index (χ0) is 13.8. The SMILES string of the molecule is COC(=O)CCN(CC(C)C)C(=O)C1(CN)CC1. The van der Waals surface area contributed by atoms with E-state index in [-0.39, 0.29) is 23.7 Å². The van der Waals surface area contributed by atoms with Crippen LogP contribution in [0, 0.1) is 11.3 Å². The van der Waals surface area contributed by atoms with Crippen molar-refractivity contribution >= 4 is 11.9 Å². The van der Waals surface area contributed by atoms with Gasteiger partial charge in [0.15, 0.2) is 0 Å². The van der Waals surface area contributed by atoms with E-state index in [1.165, 1.54) is 7.11 Å². The summed E-state index contributed by atoms with van der Waals surface area (Å²) in [4.78, 5) is 25.3. The monoisotopic (exact) mass is 256 g/mol. The lowest BCUT2D eigenvalue weighted by atomic mass is 10.0. The van der Waals surface area contributed by atoms with Crippen molar-refractivity contribution < 1.29 is 14.3 Å². The lowest BCUT2D eigenvalue weighted by Crippen LogP contribution is -2.43. The standard InChI is InChI=1S/C13H24N2O3/c1-10(2)8-15(7-4-11(16)18-3)12(17)13(9-14)5-6-13/h10H,4-9,14H2,1-3H3. The minimum absolute atomic E-state index is 0.0996. The maximum atomic E-state index is 12.4. The summed E-state index contributed by atoms with van der Waals surface area (Å²) in [5.74, 6) is 0.192. The summed E-state index contributed by atoms with van der Waals surface area (Å²) < 4.78 is 4.61. The lowest BCUT2D eigenvalue weighted by Gasteiger charge is -2.28. The number of hydrogen-bond donors (Lipinski definition) is 1. The number of carbonyl (C=O) groups is 2. The zero-order valence-electron chi connectivity index (χ0n) is 11.6. The number of amides is 1. The predicted molar refractivity (Wildman–Crippen MR) is 68.8 cm³/mol. The smallest absolute Gasteiger partial charge is 0.307 e. The van der Waals surface area contributed by atoms with Crippen LogP contribution in [-0.2, 0) is 14.3 Å². The van der Waals surface area contributed by atoms with E-state index < -0.39 is 0 Å². The third kappa shape index (κ3) is 3.70. The highest BCUT2D eigenvalue weighted by Gasteiger charge is 2.50. The van der Waals surface area contributed by atoms with Crippen molar-refractivity contribution in [3.63, 3.8) is 0 Å². The molecule has 0 heterocycles. The molecule has 2 N–H and O–H groups in total. The maximum absolute atomic E-state index is 12.4. The largest absolute Gasteiger partial charge is 0.469 e. The van der Waals surface area contributed by atoms with Gasteiger partial charge in [0.1, 0.15) is 0 Å². The zero-order valence-corrected chi connectivity index (χ0v) is 11.6. The molecule has 0 aromatic carbocycles. The molecule has 1 saturated carbocycles. The van der Waals surface area contributed by atoms with Crippen molar-refractivity contribution in [1.82, 2.24) is 4.90 Å². The van der Waals surface area contributed by atoms with Gasteiger partial charge in [-0.25, -0.2) is 0 Å². The summed E-state index contributed by atoms with van der Waals surface area (Å²) in [5, 5.41) is 0. The number of nitrogens with two attached hydrogens (primary N) is 1. The summed E-state index contributed by atoms with van der Waals surface area (Å²) in [6.07, 6.45) is 1.99. The van der Waals surface area contributed by atoms with E-state index in [1.54, 1.807) is 4.90 Å². The van der Waals surface area contributed by atoms with E-state index in [4.69, 9.17) is 5.73 Å². The Balaban J connectivity index is 2.60. The molecule has 0 bridgehead atoms. The number of methoxy groups -OCH3 is 1. The van der Waals surface area contributed by atoms with Crippen LogP contribution in [0.3, 0.4) is 0 Å². The number of hydrogen-bond acceptors (Lipinski definition) is 4. The number of nitrogens with zero attached hydrogens (tertiary/aromatic N) is 1. The van der Waals surface area contributed by atoms with Crippen molar-refractivity contribution in [2.45, 2.75) is 33.1 Å². The molecule has 1 rings (SSSR count). The van der Waals surface area contributed by atoms with Crippen LogP contribution in [0.25, 0.3) is 0 Å². The van der Waals surface area contributed by atoms with Gasteiger partial charge >= 0.3 is 5.97 Å². The van der Waals surface area contributed by atoms with Crippen molar-refractivity contribution in [2.24, 2.45) is 17.1 Å². The Morgan fingerprint density at radius 2 is 2.00 bits per heavy atom. The highest BCUT2D eigenvalue weighted by atomic mass is 16.5. The number of rotatable bonds is 7. The molecule has 0 unspecified atom stereocenters. The molecule has 0 aliphatic heterocycles. The topological polar surface area (TPSA) is 72.6 Å². The van der Waals surface area contributed by atoms with Crippen LogP contribution in [0.1, 0.15) is 33.1 Å². The Morgan fingerprint density at radius 1 is 1.39 bits per heavy atom. The van der Waals surface area contributed by atoms with Crippen LogP contribution in [-0.4, -0.2) is 43.5 Å². The van der Waals surface area contributed by atoms with Crippen molar-refractivity contribution in [3.05, 3.63) is 0 Å². The van der Waals surface area contributed by atoms with E-state index in [9.17, 15) is 9.59 Å². The first-order valence-electron chi connectivity index (χ1n) is 6.51. The molecular weight excluding hydrogens is 232 g/mol. The van der Waals surface area contributed by atoms with E-state index >= 15 is 0 Å². The molecule has 1 amide bonds. The molecule has 0 atom stereocenters. The minimum Gasteiger partial charge on any atom is -0.469 e. The first-order valence-corrected chi connectivity index (χ1v) is 6.51. The Morgan fingerprint density at radius 3 is 2.39 bits per heavy atom.